The molecular weight excluding hydrogens is 250 g/mol. The Morgan fingerprint density at radius 1 is 1.12 bits per heavy atom. The molecule has 0 saturated carbocycles. The van der Waals surface area contributed by atoms with Crippen LogP contribution in [0.5, 0.6) is 0 Å². The van der Waals surface area contributed by atoms with Gasteiger partial charge in [-0.15, -0.1) is 11.3 Å². The van der Waals surface area contributed by atoms with Crippen molar-refractivity contribution in [3.63, 3.8) is 0 Å². The SMILES string of the molecule is Nc1ccc(Sc2nccs2)c2cccnc12. The van der Waals surface area contributed by atoms with E-state index in [-0.39, 0.29) is 0 Å². The number of pyridine rings is 1. The van der Waals surface area contributed by atoms with E-state index in [1.54, 1.807) is 29.3 Å². The first-order valence-electron chi connectivity index (χ1n) is 5.05. The third-order valence-electron chi connectivity index (χ3n) is 2.37. The first-order chi connectivity index (χ1) is 8.34. The van der Waals surface area contributed by atoms with Gasteiger partial charge in [0.2, 0.25) is 0 Å². The minimum Gasteiger partial charge on any atom is -0.397 e. The van der Waals surface area contributed by atoms with Crippen LogP contribution in [0.15, 0.2) is 51.3 Å². The van der Waals surface area contributed by atoms with Gasteiger partial charge in [-0.05, 0) is 18.2 Å². The summed E-state index contributed by atoms with van der Waals surface area (Å²) in [5, 5.41) is 3.05. The largest absolute Gasteiger partial charge is 0.397 e. The molecule has 3 aromatic rings. The van der Waals surface area contributed by atoms with Gasteiger partial charge in [0.15, 0.2) is 4.34 Å². The van der Waals surface area contributed by atoms with Crippen LogP contribution in [0.3, 0.4) is 0 Å². The number of aromatic nitrogens is 2. The highest BCUT2D eigenvalue weighted by Crippen LogP contribution is 2.35. The van der Waals surface area contributed by atoms with Crippen LogP contribution in [0.4, 0.5) is 5.69 Å². The molecule has 0 atom stereocenters. The molecule has 5 heteroatoms. The zero-order valence-corrected chi connectivity index (χ0v) is 10.5. The van der Waals surface area contributed by atoms with Crippen molar-refractivity contribution in [2.45, 2.75) is 9.24 Å². The maximum Gasteiger partial charge on any atom is 0.154 e. The molecule has 0 spiro atoms. The van der Waals surface area contributed by atoms with Crippen molar-refractivity contribution >= 4 is 39.7 Å². The van der Waals surface area contributed by atoms with Crippen LogP contribution >= 0.6 is 23.1 Å². The molecular formula is C12H9N3S2. The van der Waals surface area contributed by atoms with Crippen LogP contribution in [0.25, 0.3) is 10.9 Å². The molecule has 0 amide bonds. The zero-order valence-electron chi connectivity index (χ0n) is 8.83. The number of nitrogens with two attached hydrogens (primary N) is 1. The maximum atomic E-state index is 5.91. The van der Waals surface area contributed by atoms with Crippen molar-refractivity contribution in [2.75, 3.05) is 5.73 Å². The third kappa shape index (κ3) is 1.99. The lowest BCUT2D eigenvalue weighted by atomic mass is 10.2. The third-order valence-corrected chi connectivity index (χ3v) is 4.33. The predicted octanol–water partition coefficient (Wildman–Crippen LogP) is 3.42. The number of anilines is 1. The Bertz CT molecular complexity index is 650. The topological polar surface area (TPSA) is 51.8 Å². The molecule has 84 valence electrons. The van der Waals surface area contributed by atoms with Crippen molar-refractivity contribution in [1.82, 2.24) is 9.97 Å². The number of fused-ring (bicyclic) bond motifs is 1. The molecule has 2 heterocycles. The Kier molecular flexibility index (Phi) is 2.70. The molecule has 1 aromatic carbocycles. The smallest absolute Gasteiger partial charge is 0.154 e. The highest BCUT2D eigenvalue weighted by Gasteiger charge is 2.07. The minimum atomic E-state index is 0.712. The van der Waals surface area contributed by atoms with E-state index in [1.807, 2.05) is 35.8 Å². The molecule has 17 heavy (non-hydrogen) atoms. The van der Waals surface area contributed by atoms with Crippen molar-refractivity contribution in [2.24, 2.45) is 0 Å². The number of nitrogen functional groups attached to an aromatic ring is 1. The second kappa shape index (κ2) is 4.35. The van der Waals surface area contributed by atoms with Gasteiger partial charge < -0.3 is 5.73 Å². The fraction of sp³-hybridized carbons (Fsp3) is 0. The van der Waals surface area contributed by atoms with E-state index in [9.17, 15) is 0 Å². The zero-order chi connectivity index (χ0) is 11.7. The average molecular weight is 259 g/mol. The Morgan fingerprint density at radius 3 is 2.88 bits per heavy atom. The summed E-state index contributed by atoms with van der Waals surface area (Å²) in [6.45, 7) is 0. The van der Waals surface area contributed by atoms with Crippen LogP contribution in [-0.2, 0) is 0 Å². The molecule has 0 unspecified atom stereocenters. The molecule has 0 aliphatic heterocycles. The summed E-state index contributed by atoms with van der Waals surface area (Å²) >= 11 is 3.28. The highest BCUT2D eigenvalue weighted by atomic mass is 32.2. The second-order valence-electron chi connectivity index (χ2n) is 3.45. The fourth-order valence-electron chi connectivity index (χ4n) is 1.61. The van der Waals surface area contributed by atoms with E-state index < -0.39 is 0 Å². The number of thiazole rings is 1. The van der Waals surface area contributed by atoms with Crippen molar-refractivity contribution in [3.05, 3.63) is 42.0 Å². The Morgan fingerprint density at radius 2 is 2.06 bits per heavy atom. The molecule has 0 saturated heterocycles. The van der Waals surface area contributed by atoms with Gasteiger partial charge in [-0.25, -0.2) is 4.98 Å². The van der Waals surface area contributed by atoms with E-state index >= 15 is 0 Å². The first-order valence-corrected chi connectivity index (χ1v) is 6.75. The summed E-state index contributed by atoms with van der Waals surface area (Å²) in [6, 6.07) is 7.87. The summed E-state index contributed by atoms with van der Waals surface area (Å²) in [4.78, 5) is 9.72. The van der Waals surface area contributed by atoms with Gasteiger partial charge in [-0.3, -0.25) is 4.98 Å². The molecule has 0 bridgehead atoms. The lowest BCUT2D eigenvalue weighted by molar-refractivity contribution is 1.25. The maximum absolute atomic E-state index is 5.91. The molecule has 3 nitrogen and oxygen atoms in total. The van der Waals surface area contributed by atoms with Gasteiger partial charge in [0, 0.05) is 28.1 Å². The van der Waals surface area contributed by atoms with Gasteiger partial charge >= 0.3 is 0 Å². The predicted molar refractivity (Wildman–Crippen MR) is 72.4 cm³/mol. The van der Waals surface area contributed by atoms with Gasteiger partial charge in [0.05, 0.1) is 11.2 Å². The monoisotopic (exact) mass is 259 g/mol. The van der Waals surface area contributed by atoms with E-state index in [1.165, 1.54) is 0 Å². The number of nitrogens with zero attached hydrogens (tertiary/aromatic N) is 2. The summed E-state index contributed by atoms with van der Waals surface area (Å²) in [6.07, 6.45) is 3.57. The first kappa shape index (κ1) is 10.6. The average Bonchev–Trinajstić information content (AvgIpc) is 2.86. The highest BCUT2D eigenvalue weighted by molar-refractivity contribution is 8.01. The van der Waals surface area contributed by atoms with Crippen LogP contribution in [-0.4, -0.2) is 9.97 Å². The number of benzene rings is 1. The number of rotatable bonds is 2. The van der Waals surface area contributed by atoms with Gasteiger partial charge in [-0.2, -0.15) is 0 Å². The molecule has 0 radical (unpaired) electrons. The molecule has 0 aliphatic carbocycles. The quantitative estimate of drug-likeness (QED) is 0.716. The van der Waals surface area contributed by atoms with Crippen molar-refractivity contribution in [1.29, 1.82) is 0 Å². The minimum absolute atomic E-state index is 0.712. The lowest BCUT2D eigenvalue weighted by Crippen LogP contribution is -1.90. The summed E-state index contributed by atoms with van der Waals surface area (Å²) in [7, 11) is 0. The molecule has 0 aliphatic rings. The van der Waals surface area contributed by atoms with E-state index in [2.05, 4.69) is 9.97 Å². The van der Waals surface area contributed by atoms with Crippen LogP contribution < -0.4 is 5.73 Å². The van der Waals surface area contributed by atoms with Gasteiger partial charge in [0.1, 0.15) is 0 Å². The van der Waals surface area contributed by atoms with E-state index in [0.717, 1.165) is 20.1 Å². The molecule has 2 aromatic heterocycles. The second-order valence-corrected chi connectivity index (χ2v) is 5.64. The Labute approximate surface area is 107 Å². The van der Waals surface area contributed by atoms with Crippen LogP contribution in [0.2, 0.25) is 0 Å². The fourth-order valence-corrected chi connectivity index (χ4v) is 3.31. The molecule has 0 fully saturated rings. The Balaban J connectivity index is 2.14. The summed E-state index contributed by atoms with van der Waals surface area (Å²) in [5.41, 5.74) is 7.48. The summed E-state index contributed by atoms with van der Waals surface area (Å²) < 4.78 is 1.03. The Hall–Kier alpha value is -1.59. The van der Waals surface area contributed by atoms with Crippen LogP contribution in [0.1, 0.15) is 0 Å². The van der Waals surface area contributed by atoms with E-state index in [4.69, 9.17) is 5.73 Å². The van der Waals surface area contributed by atoms with Crippen LogP contribution in [0, 0.1) is 0 Å². The van der Waals surface area contributed by atoms with Crippen molar-refractivity contribution in [3.8, 4) is 0 Å². The normalized spacial score (nSPS) is 10.8. The standard InChI is InChI=1S/C12H9N3S2/c13-9-3-4-10(17-12-15-6-7-16-12)8-2-1-5-14-11(8)9/h1-7H,13H2. The lowest BCUT2D eigenvalue weighted by Gasteiger charge is -2.05. The van der Waals surface area contributed by atoms with E-state index in [0.29, 0.717) is 5.69 Å². The number of hydrogen-bond donors (Lipinski definition) is 1. The number of hydrogen-bond acceptors (Lipinski definition) is 5. The molecule has 3 rings (SSSR count). The van der Waals surface area contributed by atoms with Gasteiger partial charge in [-0.1, -0.05) is 17.8 Å². The summed E-state index contributed by atoms with van der Waals surface area (Å²) in [5.74, 6) is 0. The molecule has 2 N–H and O–H groups in total. The van der Waals surface area contributed by atoms with Gasteiger partial charge in [0.25, 0.3) is 0 Å². The van der Waals surface area contributed by atoms with Crippen molar-refractivity contribution < 1.29 is 0 Å².